The van der Waals surface area contributed by atoms with E-state index < -0.39 is 11.6 Å². The third kappa shape index (κ3) is 5.04. The molecule has 4 heteroatoms. The highest BCUT2D eigenvalue weighted by atomic mass is 19.1. The zero-order valence-electron chi connectivity index (χ0n) is 9.88. The van der Waals surface area contributed by atoms with Crippen molar-refractivity contribution < 1.29 is 13.6 Å². The van der Waals surface area contributed by atoms with Gasteiger partial charge in [-0.15, -0.1) is 0 Å². The first-order chi connectivity index (χ1) is 7.99. The standard InChI is InChI=1S/C13H17F2NO/c1-9(16)3-2-4-12(17)8-10-7-11(14)5-6-13(10)15/h5-7,9H,2-4,8,16H2,1H3. The fourth-order valence-corrected chi connectivity index (χ4v) is 1.60. The number of carbonyl (C=O) groups is 1. The van der Waals surface area contributed by atoms with Crippen LogP contribution in [0.3, 0.4) is 0 Å². The Hall–Kier alpha value is -1.29. The summed E-state index contributed by atoms with van der Waals surface area (Å²) in [5.41, 5.74) is 5.68. The van der Waals surface area contributed by atoms with Gasteiger partial charge >= 0.3 is 0 Å². The first-order valence-electron chi connectivity index (χ1n) is 5.70. The van der Waals surface area contributed by atoms with Gasteiger partial charge in [-0.05, 0) is 43.5 Å². The summed E-state index contributed by atoms with van der Waals surface area (Å²) in [6, 6.07) is 3.21. The number of halogens is 2. The Morgan fingerprint density at radius 3 is 2.76 bits per heavy atom. The van der Waals surface area contributed by atoms with Crippen LogP contribution in [0.2, 0.25) is 0 Å². The van der Waals surface area contributed by atoms with Gasteiger partial charge in [0.25, 0.3) is 0 Å². The van der Waals surface area contributed by atoms with Crippen molar-refractivity contribution in [3.05, 3.63) is 35.4 Å². The third-order valence-corrected chi connectivity index (χ3v) is 2.51. The molecule has 0 heterocycles. The molecule has 0 aliphatic heterocycles. The van der Waals surface area contributed by atoms with Crippen LogP contribution >= 0.6 is 0 Å². The number of rotatable bonds is 6. The molecule has 0 aliphatic rings. The summed E-state index contributed by atoms with van der Waals surface area (Å²) < 4.78 is 26.1. The molecule has 0 fully saturated rings. The molecule has 1 atom stereocenters. The normalized spacial score (nSPS) is 12.5. The monoisotopic (exact) mass is 241 g/mol. The Balaban J connectivity index is 2.47. The largest absolute Gasteiger partial charge is 0.328 e. The number of hydrogen-bond acceptors (Lipinski definition) is 2. The molecule has 2 N–H and O–H groups in total. The van der Waals surface area contributed by atoms with E-state index in [4.69, 9.17) is 5.73 Å². The van der Waals surface area contributed by atoms with E-state index in [9.17, 15) is 13.6 Å². The van der Waals surface area contributed by atoms with Gasteiger partial charge in [0.05, 0.1) is 0 Å². The average Bonchev–Trinajstić information content (AvgIpc) is 2.23. The van der Waals surface area contributed by atoms with Crippen molar-refractivity contribution in [3.63, 3.8) is 0 Å². The third-order valence-electron chi connectivity index (χ3n) is 2.51. The van der Waals surface area contributed by atoms with Gasteiger partial charge in [-0.3, -0.25) is 4.79 Å². The van der Waals surface area contributed by atoms with Crippen LogP contribution in [-0.2, 0) is 11.2 Å². The topological polar surface area (TPSA) is 43.1 Å². The number of ketones is 1. The number of carbonyl (C=O) groups excluding carboxylic acids is 1. The molecule has 0 spiro atoms. The molecule has 0 radical (unpaired) electrons. The maximum absolute atomic E-state index is 13.2. The second-order valence-corrected chi connectivity index (χ2v) is 4.32. The molecule has 0 saturated heterocycles. The molecule has 0 saturated carbocycles. The van der Waals surface area contributed by atoms with E-state index >= 15 is 0 Å². The maximum Gasteiger partial charge on any atom is 0.137 e. The van der Waals surface area contributed by atoms with E-state index in [1.54, 1.807) is 0 Å². The molecule has 94 valence electrons. The van der Waals surface area contributed by atoms with Crippen molar-refractivity contribution in [2.45, 2.75) is 38.6 Å². The van der Waals surface area contributed by atoms with Gasteiger partial charge in [0, 0.05) is 18.9 Å². The van der Waals surface area contributed by atoms with E-state index in [1.807, 2.05) is 6.92 Å². The maximum atomic E-state index is 13.2. The molecule has 17 heavy (non-hydrogen) atoms. The molecule has 0 aromatic heterocycles. The van der Waals surface area contributed by atoms with Crippen molar-refractivity contribution in [2.75, 3.05) is 0 Å². The predicted molar refractivity (Wildman–Crippen MR) is 62.6 cm³/mol. The van der Waals surface area contributed by atoms with Crippen LogP contribution < -0.4 is 5.73 Å². The van der Waals surface area contributed by atoms with Gasteiger partial charge in [-0.25, -0.2) is 8.78 Å². The lowest BCUT2D eigenvalue weighted by Crippen LogP contribution is -2.15. The summed E-state index contributed by atoms with van der Waals surface area (Å²) in [6.45, 7) is 1.87. The van der Waals surface area contributed by atoms with Gasteiger partial charge in [-0.2, -0.15) is 0 Å². The second-order valence-electron chi connectivity index (χ2n) is 4.32. The highest BCUT2D eigenvalue weighted by Gasteiger charge is 2.09. The van der Waals surface area contributed by atoms with Gasteiger partial charge in [-0.1, -0.05) is 0 Å². The fourth-order valence-electron chi connectivity index (χ4n) is 1.60. The second kappa shape index (κ2) is 6.45. The van der Waals surface area contributed by atoms with Crippen LogP contribution in [-0.4, -0.2) is 11.8 Å². The molecule has 0 amide bonds. The molecule has 1 unspecified atom stereocenters. The SMILES string of the molecule is CC(N)CCCC(=O)Cc1cc(F)ccc1F. The molecule has 0 aliphatic carbocycles. The summed E-state index contributed by atoms with van der Waals surface area (Å²) in [4.78, 5) is 11.5. The molecule has 1 aromatic rings. The number of nitrogens with two attached hydrogens (primary N) is 1. The van der Waals surface area contributed by atoms with Crippen molar-refractivity contribution in [1.82, 2.24) is 0 Å². The van der Waals surface area contributed by atoms with E-state index in [0.717, 1.165) is 24.6 Å². The summed E-state index contributed by atoms with van der Waals surface area (Å²) in [6.07, 6.45) is 1.75. The molecular weight excluding hydrogens is 224 g/mol. The van der Waals surface area contributed by atoms with Gasteiger partial charge in [0.15, 0.2) is 0 Å². The van der Waals surface area contributed by atoms with Crippen LogP contribution in [0.25, 0.3) is 0 Å². The lowest BCUT2D eigenvalue weighted by molar-refractivity contribution is -0.118. The van der Waals surface area contributed by atoms with Gasteiger partial charge < -0.3 is 5.73 Å². The van der Waals surface area contributed by atoms with Crippen LogP contribution in [0.4, 0.5) is 8.78 Å². The average molecular weight is 241 g/mol. The zero-order valence-corrected chi connectivity index (χ0v) is 9.88. The lowest BCUT2D eigenvalue weighted by Gasteiger charge is -2.05. The van der Waals surface area contributed by atoms with Crippen LogP contribution in [0.15, 0.2) is 18.2 Å². The smallest absolute Gasteiger partial charge is 0.137 e. The van der Waals surface area contributed by atoms with Gasteiger partial charge in [0.2, 0.25) is 0 Å². The minimum absolute atomic E-state index is 0.0530. The Morgan fingerprint density at radius 2 is 2.12 bits per heavy atom. The fraction of sp³-hybridized carbons (Fsp3) is 0.462. The Kier molecular flexibility index (Phi) is 5.22. The predicted octanol–water partition coefficient (Wildman–Crippen LogP) is 2.59. The first kappa shape index (κ1) is 13.8. The minimum atomic E-state index is -0.535. The van der Waals surface area contributed by atoms with Crippen molar-refractivity contribution in [3.8, 4) is 0 Å². The molecule has 2 nitrogen and oxygen atoms in total. The molecular formula is C13H17F2NO. The van der Waals surface area contributed by atoms with Crippen molar-refractivity contribution in [2.24, 2.45) is 5.73 Å². The van der Waals surface area contributed by atoms with E-state index in [2.05, 4.69) is 0 Å². The zero-order chi connectivity index (χ0) is 12.8. The minimum Gasteiger partial charge on any atom is -0.328 e. The first-order valence-corrected chi connectivity index (χ1v) is 5.70. The molecule has 1 rings (SSSR count). The molecule has 1 aromatic carbocycles. The van der Waals surface area contributed by atoms with Gasteiger partial charge in [0.1, 0.15) is 17.4 Å². The number of hydrogen-bond donors (Lipinski definition) is 1. The molecule has 0 bridgehead atoms. The van der Waals surface area contributed by atoms with Crippen LogP contribution in [0.5, 0.6) is 0 Å². The lowest BCUT2D eigenvalue weighted by atomic mass is 10.0. The number of Topliss-reactive ketones (excluding diaryl/α,β-unsaturated/α-hetero) is 1. The van der Waals surface area contributed by atoms with E-state index in [1.165, 1.54) is 0 Å². The van der Waals surface area contributed by atoms with E-state index in [0.29, 0.717) is 12.8 Å². The summed E-state index contributed by atoms with van der Waals surface area (Å²) in [7, 11) is 0. The van der Waals surface area contributed by atoms with Crippen LogP contribution in [0, 0.1) is 11.6 Å². The van der Waals surface area contributed by atoms with Crippen LogP contribution in [0.1, 0.15) is 31.7 Å². The highest BCUT2D eigenvalue weighted by molar-refractivity contribution is 5.80. The Bertz CT molecular complexity index is 391. The van der Waals surface area contributed by atoms with E-state index in [-0.39, 0.29) is 23.8 Å². The van der Waals surface area contributed by atoms with Crippen molar-refractivity contribution in [1.29, 1.82) is 0 Å². The summed E-state index contributed by atoms with van der Waals surface area (Å²) in [5, 5.41) is 0. The van der Waals surface area contributed by atoms with Crippen molar-refractivity contribution >= 4 is 5.78 Å². The highest BCUT2D eigenvalue weighted by Crippen LogP contribution is 2.12. The number of benzene rings is 1. The summed E-state index contributed by atoms with van der Waals surface area (Å²) >= 11 is 0. The Morgan fingerprint density at radius 1 is 1.41 bits per heavy atom. The summed E-state index contributed by atoms with van der Waals surface area (Å²) in [5.74, 6) is -1.15. The quantitative estimate of drug-likeness (QED) is 0.831. The Labute approximate surface area is 99.8 Å².